The van der Waals surface area contributed by atoms with Crippen molar-refractivity contribution in [3.8, 4) is 0 Å². The Labute approximate surface area is 86.1 Å². The van der Waals surface area contributed by atoms with Gasteiger partial charge in [0, 0.05) is 0 Å². The lowest BCUT2D eigenvalue weighted by Crippen LogP contribution is -2.49. The van der Waals surface area contributed by atoms with Gasteiger partial charge in [0.15, 0.2) is 6.10 Å². The van der Waals surface area contributed by atoms with Crippen LogP contribution in [0.25, 0.3) is 0 Å². The first-order chi connectivity index (χ1) is 7.12. The molecule has 0 aromatic rings. The molecule has 0 radical (unpaired) electrons. The molecule has 0 spiro atoms. The molecule has 0 bridgehead atoms. The lowest BCUT2D eigenvalue weighted by atomic mass is 10.1. The summed E-state index contributed by atoms with van der Waals surface area (Å²) < 4.78 is 9.79. The summed E-state index contributed by atoms with van der Waals surface area (Å²) in [6.07, 6.45) is 0.783. The summed E-state index contributed by atoms with van der Waals surface area (Å²) in [7, 11) is 0. The molecule has 4 atom stereocenters. The number of rotatable bonds is 2. The van der Waals surface area contributed by atoms with Crippen LogP contribution in [0.15, 0.2) is 0 Å². The van der Waals surface area contributed by atoms with Crippen LogP contribution in [0, 0.1) is 5.92 Å². The highest BCUT2D eigenvalue weighted by Gasteiger charge is 2.67. The molecule has 3 unspecified atom stereocenters. The highest BCUT2D eigenvalue weighted by atomic mass is 16.8. The van der Waals surface area contributed by atoms with Gasteiger partial charge in [-0.05, 0) is 18.8 Å². The number of nitrogens with one attached hydrogen (secondary N) is 1. The number of hydrogen-bond acceptors (Lipinski definition) is 5. The second kappa shape index (κ2) is 2.63. The largest absolute Gasteiger partial charge is 0.508 e. The zero-order valence-corrected chi connectivity index (χ0v) is 8.06. The second-order valence-electron chi connectivity index (χ2n) is 4.44. The van der Waals surface area contributed by atoms with Gasteiger partial charge in [-0.2, -0.15) is 0 Å². The molecule has 3 aliphatic rings. The summed E-state index contributed by atoms with van der Waals surface area (Å²) in [6, 6.07) is -0.289. The Morgan fingerprint density at radius 2 is 2.40 bits per heavy atom. The summed E-state index contributed by atoms with van der Waals surface area (Å²) in [4.78, 5) is 21.8. The highest BCUT2D eigenvalue weighted by molar-refractivity contribution is 5.81. The van der Waals surface area contributed by atoms with Crippen molar-refractivity contribution in [1.29, 1.82) is 0 Å². The summed E-state index contributed by atoms with van der Waals surface area (Å²) in [5.41, 5.74) is 4.98. The molecule has 3 N–H and O–H groups in total. The van der Waals surface area contributed by atoms with Crippen LogP contribution in [0.2, 0.25) is 0 Å². The van der Waals surface area contributed by atoms with Crippen molar-refractivity contribution in [2.45, 2.75) is 30.5 Å². The number of piperidine rings is 1. The fourth-order valence-corrected chi connectivity index (χ4v) is 2.74. The molecular formula is C9H12N2O4. The smallest absolute Gasteiger partial charge is 0.430 e. The number of cyclic esters (lactones) is 2. The monoisotopic (exact) mass is 212 g/mol. The maximum atomic E-state index is 11.0. The third-order valence-corrected chi connectivity index (χ3v) is 3.62. The molecule has 15 heavy (non-hydrogen) atoms. The van der Waals surface area contributed by atoms with E-state index in [2.05, 4.69) is 5.32 Å². The van der Waals surface area contributed by atoms with E-state index in [9.17, 15) is 9.59 Å². The number of ether oxygens (including phenoxy) is 2. The quantitative estimate of drug-likeness (QED) is 0.580. The van der Waals surface area contributed by atoms with E-state index in [0.29, 0.717) is 5.92 Å². The van der Waals surface area contributed by atoms with Crippen LogP contribution in [-0.4, -0.2) is 36.4 Å². The van der Waals surface area contributed by atoms with Gasteiger partial charge >= 0.3 is 6.16 Å². The van der Waals surface area contributed by atoms with Crippen molar-refractivity contribution in [3.05, 3.63) is 0 Å². The SMILES string of the molecule is NC(=O)C1CC2CC2([C@H]2COC(=O)O2)N1. The van der Waals surface area contributed by atoms with E-state index in [-0.39, 0.29) is 30.2 Å². The first kappa shape index (κ1) is 8.96. The third kappa shape index (κ3) is 1.14. The third-order valence-electron chi connectivity index (χ3n) is 3.62. The normalized spacial score (nSPS) is 46.9. The van der Waals surface area contributed by atoms with Gasteiger partial charge in [0.1, 0.15) is 6.61 Å². The highest BCUT2D eigenvalue weighted by Crippen LogP contribution is 2.55. The molecule has 0 aromatic carbocycles. The van der Waals surface area contributed by atoms with E-state index in [0.717, 1.165) is 12.8 Å². The number of carbonyl (C=O) groups excluding carboxylic acids is 2. The van der Waals surface area contributed by atoms with Crippen molar-refractivity contribution in [1.82, 2.24) is 5.32 Å². The number of primary amides is 1. The van der Waals surface area contributed by atoms with Gasteiger partial charge in [-0.25, -0.2) is 4.79 Å². The summed E-state index contributed by atoms with van der Waals surface area (Å²) in [6.45, 7) is 0.272. The van der Waals surface area contributed by atoms with Crippen molar-refractivity contribution in [3.63, 3.8) is 0 Å². The Morgan fingerprint density at radius 3 is 2.93 bits per heavy atom. The molecule has 6 heteroatoms. The second-order valence-corrected chi connectivity index (χ2v) is 4.44. The topological polar surface area (TPSA) is 90.7 Å². The molecule has 1 aliphatic carbocycles. The molecule has 2 aliphatic heterocycles. The Bertz CT molecular complexity index is 345. The van der Waals surface area contributed by atoms with Crippen molar-refractivity contribution >= 4 is 12.1 Å². The molecule has 82 valence electrons. The lowest BCUT2D eigenvalue weighted by molar-refractivity contribution is -0.120. The van der Waals surface area contributed by atoms with E-state index in [1.807, 2.05) is 0 Å². The van der Waals surface area contributed by atoms with Gasteiger partial charge in [0.05, 0.1) is 11.6 Å². The Morgan fingerprint density at radius 1 is 1.60 bits per heavy atom. The zero-order chi connectivity index (χ0) is 10.6. The van der Waals surface area contributed by atoms with Gasteiger partial charge in [0.25, 0.3) is 0 Å². The minimum atomic E-state index is -0.621. The number of amides is 1. The van der Waals surface area contributed by atoms with Gasteiger partial charge in [0.2, 0.25) is 5.91 Å². The lowest BCUT2D eigenvalue weighted by Gasteiger charge is -2.20. The predicted molar refractivity (Wildman–Crippen MR) is 47.8 cm³/mol. The molecule has 2 heterocycles. The van der Waals surface area contributed by atoms with E-state index < -0.39 is 6.16 Å². The van der Waals surface area contributed by atoms with E-state index >= 15 is 0 Å². The summed E-state index contributed by atoms with van der Waals surface area (Å²) in [5.74, 6) is 0.0429. The van der Waals surface area contributed by atoms with E-state index in [4.69, 9.17) is 15.2 Å². The molecule has 2 saturated heterocycles. The average Bonchev–Trinajstić information content (AvgIpc) is 2.61. The molecule has 0 aromatic heterocycles. The maximum Gasteiger partial charge on any atom is 0.508 e. The van der Waals surface area contributed by atoms with Gasteiger partial charge in [-0.3, -0.25) is 10.1 Å². The first-order valence-corrected chi connectivity index (χ1v) is 5.02. The van der Waals surface area contributed by atoms with Crippen LogP contribution in [0.1, 0.15) is 12.8 Å². The molecule has 3 fully saturated rings. The fraction of sp³-hybridized carbons (Fsp3) is 0.778. The van der Waals surface area contributed by atoms with Gasteiger partial charge in [-0.15, -0.1) is 0 Å². The number of carbonyl (C=O) groups is 2. The molecule has 1 saturated carbocycles. The number of hydrogen-bond donors (Lipinski definition) is 2. The van der Waals surface area contributed by atoms with Crippen molar-refractivity contribution in [2.24, 2.45) is 11.7 Å². The first-order valence-electron chi connectivity index (χ1n) is 5.02. The van der Waals surface area contributed by atoms with Gasteiger partial charge in [-0.1, -0.05) is 0 Å². The summed E-state index contributed by atoms with van der Waals surface area (Å²) >= 11 is 0. The predicted octanol–water partition coefficient (Wildman–Crippen LogP) is -0.872. The van der Waals surface area contributed by atoms with E-state index in [1.165, 1.54) is 0 Å². The van der Waals surface area contributed by atoms with E-state index in [1.54, 1.807) is 0 Å². The zero-order valence-electron chi connectivity index (χ0n) is 8.06. The Balaban J connectivity index is 1.73. The van der Waals surface area contributed by atoms with Crippen molar-refractivity contribution in [2.75, 3.05) is 6.61 Å². The molecule has 3 rings (SSSR count). The average molecular weight is 212 g/mol. The van der Waals surface area contributed by atoms with Crippen LogP contribution < -0.4 is 11.1 Å². The van der Waals surface area contributed by atoms with Gasteiger partial charge < -0.3 is 15.2 Å². The number of nitrogens with two attached hydrogens (primary N) is 1. The molecular weight excluding hydrogens is 200 g/mol. The Hall–Kier alpha value is -1.30. The van der Waals surface area contributed by atoms with Crippen LogP contribution in [0.5, 0.6) is 0 Å². The van der Waals surface area contributed by atoms with Crippen LogP contribution in [0.3, 0.4) is 0 Å². The molecule has 6 nitrogen and oxygen atoms in total. The van der Waals surface area contributed by atoms with Crippen LogP contribution >= 0.6 is 0 Å². The summed E-state index contributed by atoms with van der Waals surface area (Å²) in [5, 5.41) is 3.17. The minimum absolute atomic E-state index is 0.244. The molecule has 1 amide bonds. The van der Waals surface area contributed by atoms with Crippen LogP contribution in [0.4, 0.5) is 4.79 Å². The van der Waals surface area contributed by atoms with Crippen LogP contribution in [-0.2, 0) is 14.3 Å². The fourth-order valence-electron chi connectivity index (χ4n) is 2.74. The Kier molecular flexibility index (Phi) is 1.57. The minimum Gasteiger partial charge on any atom is -0.430 e. The van der Waals surface area contributed by atoms with Crippen molar-refractivity contribution < 1.29 is 19.1 Å². The number of fused-ring (bicyclic) bond motifs is 1. The maximum absolute atomic E-state index is 11.0. The standard InChI is InChI=1S/C9H12N2O4/c10-7(12)5-1-4-2-9(4,11-5)6-3-14-8(13)15-6/h4-6,11H,1-3H2,(H2,10,12)/t4?,5?,6-,9?/m1/s1.